The van der Waals surface area contributed by atoms with E-state index in [0.717, 1.165) is 6.42 Å². The summed E-state index contributed by atoms with van der Waals surface area (Å²) in [5.41, 5.74) is 7.60. The Balaban J connectivity index is 2.62. The molecule has 0 aliphatic heterocycles. The third kappa shape index (κ3) is 2.56. The van der Waals surface area contributed by atoms with Gasteiger partial charge in [0, 0.05) is 11.6 Å². The molecule has 0 amide bonds. The van der Waals surface area contributed by atoms with E-state index < -0.39 is 0 Å². The molecule has 0 saturated heterocycles. The molecule has 0 bridgehead atoms. The molecule has 2 N–H and O–H groups in total. The van der Waals surface area contributed by atoms with Crippen LogP contribution in [0.1, 0.15) is 19.4 Å². The van der Waals surface area contributed by atoms with E-state index >= 15 is 0 Å². The fraction of sp³-hybridized carbons (Fsp3) is 0.636. The highest BCUT2D eigenvalue weighted by Gasteiger charge is 2.28. The Morgan fingerprint density at radius 3 is 2.57 bits per heavy atom. The van der Waals surface area contributed by atoms with Gasteiger partial charge in [-0.05, 0) is 56.8 Å². The van der Waals surface area contributed by atoms with Crippen LogP contribution in [0.5, 0.6) is 0 Å². The zero-order valence-electron chi connectivity index (χ0n) is 9.45. The first-order valence-electron chi connectivity index (χ1n) is 4.88. The number of rotatable bonds is 4. The van der Waals surface area contributed by atoms with E-state index in [4.69, 9.17) is 5.73 Å². The molecule has 1 aromatic heterocycles. The van der Waals surface area contributed by atoms with Crippen LogP contribution >= 0.6 is 11.3 Å². The van der Waals surface area contributed by atoms with Crippen LogP contribution in [0, 0.1) is 0 Å². The number of nitrogens with two attached hydrogens (primary N) is 1. The summed E-state index contributed by atoms with van der Waals surface area (Å²) in [6, 6.07) is 2.32. The second kappa shape index (κ2) is 4.43. The third-order valence-corrected chi connectivity index (χ3v) is 3.83. The standard InChI is InChI=1S/C11H20N2S/c1-11(2,13(3)4)10(12)7-9-5-6-14-8-9/h5-6,8,10H,7,12H2,1-4H3. The number of likely N-dealkylation sites (N-methyl/N-ethyl adjacent to an activating group) is 1. The maximum Gasteiger partial charge on any atom is 0.0301 e. The minimum Gasteiger partial charge on any atom is -0.326 e. The normalized spacial score (nSPS) is 14.7. The number of hydrogen-bond donors (Lipinski definition) is 1. The summed E-state index contributed by atoms with van der Waals surface area (Å²) in [6.45, 7) is 4.37. The van der Waals surface area contributed by atoms with Gasteiger partial charge >= 0.3 is 0 Å². The molecule has 0 saturated carbocycles. The highest BCUT2D eigenvalue weighted by atomic mass is 32.1. The summed E-state index contributed by atoms with van der Waals surface area (Å²) in [5, 5.41) is 4.27. The van der Waals surface area contributed by atoms with E-state index in [2.05, 4.69) is 49.7 Å². The fourth-order valence-electron chi connectivity index (χ4n) is 1.24. The summed E-state index contributed by atoms with van der Waals surface area (Å²) in [6.07, 6.45) is 0.953. The maximum absolute atomic E-state index is 6.21. The van der Waals surface area contributed by atoms with E-state index in [-0.39, 0.29) is 11.6 Å². The number of hydrogen-bond acceptors (Lipinski definition) is 3. The first-order chi connectivity index (χ1) is 6.44. The first kappa shape index (κ1) is 11.7. The predicted molar refractivity (Wildman–Crippen MR) is 63.8 cm³/mol. The lowest BCUT2D eigenvalue weighted by Gasteiger charge is -2.38. The average molecular weight is 212 g/mol. The summed E-state index contributed by atoms with van der Waals surface area (Å²) in [5.74, 6) is 0. The molecule has 3 heteroatoms. The molecule has 0 aliphatic rings. The lowest BCUT2D eigenvalue weighted by Crippen LogP contribution is -2.54. The molecule has 14 heavy (non-hydrogen) atoms. The lowest BCUT2D eigenvalue weighted by atomic mass is 9.90. The minimum atomic E-state index is 0.0436. The Bertz CT molecular complexity index is 265. The quantitative estimate of drug-likeness (QED) is 0.826. The Labute approximate surface area is 90.7 Å². The van der Waals surface area contributed by atoms with Crippen molar-refractivity contribution in [2.24, 2.45) is 5.73 Å². The number of thiophene rings is 1. The van der Waals surface area contributed by atoms with Crippen molar-refractivity contribution in [2.75, 3.05) is 14.1 Å². The zero-order chi connectivity index (χ0) is 10.8. The van der Waals surface area contributed by atoms with E-state index in [1.54, 1.807) is 11.3 Å². The van der Waals surface area contributed by atoms with E-state index in [9.17, 15) is 0 Å². The van der Waals surface area contributed by atoms with Gasteiger partial charge in [-0.25, -0.2) is 0 Å². The van der Waals surface area contributed by atoms with Crippen molar-refractivity contribution in [2.45, 2.75) is 31.8 Å². The molecule has 2 nitrogen and oxygen atoms in total. The molecule has 1 heterocycles. The monoisotopic (exact) mass is 212 g/mol. The van der Waals surface area contributed by atoms with Crippen LogP contribution in [0.4, 0.5) is 0 Å². The second-order valence-corrected chi connectivity index (χ2v) is 5.27. The van der Waals surface area contributed by atoms with Crippen LogP contribution in [-0.2, 0) is 6.42 Å². The molecule has 0 aliphatic carbocycles. The van der Waals surface area contributed by atoms with Gasteiger partial charge in [-0.3, -0.25) is 0 Å². The fourth-order valence-corrected chi connectivity index (χ4v) is 1.93. The van der Waals surface area contributed by atoms with E-state index in [1.165, 1.54) is 5.56 Å². The van der Waals surface area contributed by atoms with Gasteiger partial charge in [-0.2, -0.15) is 11.3 Å². The van der Waals surface area contributed by atoms with Crippen molar-refractivity contribution in [3.8, 4) is 0 Å². The maximum atomic E-state index is 6.21. The van der Waals surface area contributed by atoms with Crippen molar-refractivity contribution < 1.29 is 0 Å². The third-order valence-electron chi connectivity index (χ3n) is 3.10. The largest absolute Gasteiger partial charge is 0.326 e. The van der Waals surface area contributed by atoms with E-state index in [1.807, 2.05) is 0 Å². The Morgan fingerprint density at radius 2 is 2.14 bits per heavy atom. The van der Waals surface area contributed by atoms with Crippen molar-refractivity contribution in [1.82, 2.24) is 4.90 Å². The highest BCUT2D eigenvalue weighted by molar-refractivity contribution is 7.07. The zero-order valence-corrected chi connectivity index (χ0v) is 10.3. The van der Waals surface area contributed by atoms with Crippen molar-refractivity contribution in [3.63, 3.8) is 0 Å². The highest BCUT2D eigenvalue weighted by Crippen LogP contribution is 2.18. The van der Waals surface area contributed by atoms with Gasteiger partial charge in [0.1, 0.15) is 0 Å². The van der Waals surface area contributed by atoms with Gasteiger partial charge in [-0.1, -0.05) is 0 Å². The topological polar surface area (TPSA) is 29.3 Å². The molecule has 1 aromatic rings. The molecule has 0 spiro atoms. The van der Waals surface area contributed by atoms with Gasteiger partial charge in [0.05, 0.1) is 0 Å². The molecule has 80 valence electrons. The van der Waals surface area contributed by atoms with Gasteiger partial charge in [0.2, 0.25) is 0 Å². The van der Waals surface area contributed by atoms with Crippen LogP contribution in [0.15, 0.2) is 16.8 Å². The SMILES string of the molecule is CN(C)C(C)(C)C(N)Cc1ccsc1. The molecule has 0 fully saturated rings. The Kier molecular flexibility index (Phi) is 3.70. The second-order valence-electron chi connectivity index (χ2n) is 4.49. The summed E-state index contributed by atoms with van der Waals surface area (Å²) in [7, 11) is 4.15. The summed E-state index contributed by atoms with van der Waals surface area (Å²) < 4.78 is 0. The molecular weight excluding hydrogens is 192 g/mol. The van der Waals surface area contributed by atoms with Crippen LogP contribution in [-0.4, -0.2) is 30.6 Å². The minimum absolute atomic E-state index is 0.0436. The molecule has 0 radical (unpaired) electrons. The smallest absolute Gasteiger partial charge is 0.0301 e. The van der Waals surface area contributed by atoms with Gasteiger partial charge in [-0.15, -0.1) is 0 Å². The van der Waals surface area contributed by atoms with Gasteiger partial charge in [0.15, 0.2) is 0 Å². The van der Waals surface area contributed by atoms with Crippen molar-refractivity contribution in [3.05, 3.63) is 22.4 Å². The van der Waals surface area contributed by atoms with Gasteiger partial charge < -0.3 is 10.6 Å². The van der Waals surface area contributed by atoms with Crippen LogP contribution in [0.25, 0.3) is 0 Å². The molecule has 0 aromatic carbocycles. The van der Waals surface area contributed by atoms with Crippen LogP contribution in [0.2, 0.25) is 0 Å². The first-order valence-corrected chi connectivity index (χ1v) is 5.83. The van der Waals surface area contributed by atoms with Crippen molar-refractivity contribution in [1.29, 1.82) is 0 Å². The lowest BCUT2D eigenvalue weighted by molar-refractivity contribution is 0.158. The summed E-state index contributed by atoms with van der Waals surface area (Å²) >= 11 is 1.73. The van der Waals surface area contributed by atoms with Gasteiger partial charge in [0.25, 0.3) is 0 Å². The number of nitrogens with zero attached hydrogens (tertiary/aromatic N) is 1. The molecular formula is C11H20N2S. The van der Waals surface area contributed by atoms with Crippen LogP contribution < -0.4 is 5.73 Å². The molecule has 1 atom stereocenters. The summed E-state index contributed by atoms with van der Waals surface area (Å²) in [4.78, 5) is 2.18. The Hall–Kier alpha value is -0.380. The molecule has 1 rings (SSSR count). The predicted octanol–water partition coefficient (Wildman–Crippen LogP) is 1.96. The molecule has 1 unspecified atom stereocenters. The Morgan fingerprint density at radius 1 is 1.50 bits per heavy atom. The average Bonchev–Trinajstić information content (AvgIpc) is 2.56. The van der Waals surface area contributed by atoms with E-state index in [0.29, 0.717) is 0 Å². The van der Waals surface area contributed by atoms with Crippen molar-refractivity contribution >= 4 is 11.3 Å². The van der Waals surface area contributed by atoms with Crippen LogP contribution in [0.3, 0.4) is 0 Å².